The van der Waals surface area contributed by atoms with Crippen molar-refractivity contribution in [2.45, 2.75) is 0 Å². The second kappa shape index (κ2) is 2.89. The van der Waals surface area contributed by atoms with Crippen LogP contribution in [0.15, 0.2) is 24.4 Å². The SMILES string of the molecule is Cn1cc(C=O)c2c(Cl)cccc21. The van der Waals surface area contributed by atoms with Crippen LogP contribution < -0.4 is 0 Å². The Hall–Kier alpha value is -1.28. The van der Waals surface area contributed by atoms with Gasteiger partial charge in [0.05, 0.1) is 5.02 Å². The van der Waals surface area contributed by atoms with Crippen molar-refractivity contribution in [2.24, 2.45) is 7.05 Å². The Labute approximate surface area is 80.7 Å². The fourth-order valence-electron chi connectivity index (χ4n) is 1.52. The smallest absolute Gasteiger partial charge is 0.152 e. The fourth-order valence-corrected chi connectivity index (χ4v) is 1.80. The third-order valence-corrected chi connectivity index (χ3v) is 2.43. The molecule has 1 aromatic heterocycles. The number of rotatable bonds is 1. The van der Waals surface area contributed by atoms with Crippen LogP contribution in [0.5, 0.6) is 0 Å². The van der Waals surface area contributed by atoms with Gasteiger partial charge in [-0.3, -0.25) is 4.79 Å². The molecule has 3 heteroatoms. The predicted molar refractivity (Wildman–Crippen MR) is 53.3 cm³/mol. The number of halogens is 1. The van der Waals surface area contributed by atoms with Crippen molar-refractivity contribution in [1.82, 2.24) is 4.57 Å². The molecule has 0 aliphatic carbocycles. The van der Waals surface area contributed by atoms with Crippen LogP contribution >= 0.6 is 11.6 Å². The van der Waals surface area contributed by atoms with E-state index in [-0.39, 0.29) is 0 Å². The number of hydrogen-bond acceptors (Lipinski definition) is 1. The Kier molecular flexibility index (Phi) is 1.85. The molecule has 0 saturated carbocycles. The topological polar surface area (TPSA) is 22.0 Å². The first kappa shape index (κ1) is 8.32. The molecular weight excluding hydrogens is 186 g/mol. The predicted octanol–water partition coefficient (Wildman–Crippen LogP) is 2.64. The van der Waals surface area contributed by atoms with Gasteiger partial charge in [-0.1, -0.05) is 17.7 Å². The molecule has 0 fully saturated rings. The number of aromatic nitrogens is 1. The van der Waals surface area contributed by atoms with E-state index in [1.165, 1.54) is 0 Å². The molecule has 0 N–H and O–H groups in total. The van der Waals surface area contributed by atoms with E-state index >= 15 is 0 Å². The molecule has 0 spiro atoms. The van der Waals surface area contributed by atoms with Gasteiger partial charge in [-0.15, -0.1) is 0 Å². The van der Waals surface area contributed by atoms with E-state index < -0.39 is 0 Å². The number of hydrogen-bond donors (Lipinski definition) is 0. The maximum absolute atomic E-state index is 10.7. The van der Waals surface area contributed by atoms with E-state index in [9.17, 15) is 4.79 Å². The van der Waals surface area contributed by atoms with Gasteiger partial charge in [0.2, 0.25) is 0 Å². The Bertz CT molecular complexity index is 473. The molecule has 0 unspecified atom stereocenters. The van der Waals surface area contributed by atoms with Crippen LogP contribution in [0.25, 0.3) is 10.9 Å². The van der Waals surface area contributed by atoms with Gasteiger partial charge in [0.25, 0.3) is 0 Å². The first-order valence-corrected chi connectivity index (χ1v) is 4.30. The molecule has 66 valence electrons. The van der Waals surface area contributed by atoms with Gasteiger partial charge in [0.1, 0.15) is 0 Å². The average molecular weight is 194 g/mol. The Morgan fingerprint density at radius 3 is 2.92 bits per heavy atom. The van der Waals surface area contributed by atoms with Gasteiger partial charge in [-0.2, -0.15) is 0 Å². The minimum atomic E-state index is 0.625. The van der Waals surface area contributed by atoms with Crippen LogP contribution in [0.2, 0.25) is 5.02 Å². The van der Waals surface area contributed by atoms with E-state index in [0.29, 0.717) is 10.6 Å². The summed E-state index contributed by atoms with van der Waals surface area (Å²) in [6, 6.07) is 5.60. The second-order valence-corrected chi connectivity index (χ2v) is 3.35. The maximum atomic E-state index is 10.7. The normalized spacial score (nSPS) is 10.6. The second-order valence-electron chi connectivity index (χ2n) is 2.95. The molecule has 0 saturated heterocycles. The highest BCUT2D eigenvalue weighted by molar-refractivity contribution is 6.36. The van der Waals surface area contributed by atoms with Gasteiger partial charge >= 0.3 is 0 Å². The van der Waals surface area contributed by atoms with Gasteiger partial charge in [0, 0.05) is 29.7 Å². The molecule has 13 heavy (non-hydrogen) atoms. The number of carbonyl (C=O) groups excluding carboxylic acids is 1. The highest BCUT2D eigenvalue weighted by Gasteiger charge is 2.07. The minimum absolute atomic E-state index is 0.625. The summed E-state index contributed by atoms with van der Waals surface area (Å²) in [5.41, 5.74) is 1.62. The van der Waals surface area contributed by atoms with Crippen LogP contribution in [0.3, 0.4) is 0 Å². The highest BCUT2D eigenvalue weighted by Crippen LogP contribution is 2.26. The van der Waals surface area contributed by atoms with Crippen molar-refractivity contribution in [2.75, 3.05) is 0 Å². The molecule has 0 aliphatic rings. The summed E-state index contributed by atoms with van der Waals surface area (Å²) in [6.45, 7) is 0. The summed E-state index contributed by atoms with van der Waals surface area (Å²) in [7, 11) is 1.89. The zero-order valence-corrected chi connectivity index (χ0v) is 7.88. The standard InChI is InChI=1S/C10H8ClNO/c1-12-5-7(6-13)10-8(11)3-2-4-9(10)12/h2-6H,1H3. The van der Waals surface area contributed by atoms with Crippen LogP contribution in [0, 0.1) is 0 Å². The quantitative estimate of drug-likeness (QED) is 0.639. The lowest BCUT2D eigenvalue weighted by atomic mass is 10.2. The molecule has 0 atom stereocenters. The number of nitrogens with zero attached hydrogens (tertiary/aromatic N) is 1. The van der Waals surface area contributed by atoms with E-state index in [0.717, 1.165) is 17.2 Å². The van der Waals surface area contributed by atoms with Crippen molar-refractivity contribution in [1.29, 1.82) is 0 Å². The van der Waals surface area contributed by atoms with Crippen molar-refractivity contribution >= 4 is 28.8 Å². The Morgan fingerprint density at radius 1 is 1.46 bits per heavy atom. The average Bonchev–Trinajstić information content (AvgIpc) is 2.45. The summed E-state index contributed by atoms with van der Waals surface area (Å²) in [5.74, 6) is 0. The molecule has 1 heterocycles. The number of carbonyl (C=O) groups is 1. The molecule has 2 rings (SSSR count). The minimum Gasteiger partial charge on any atom is -0.350 e. The lowest BCUT2D eigenvalue weighted by Crippen LogP contribution is -1.82. The molecule has 2 aromatic rings. The lowest BCUT2D eigenvalue weighted by molar-refractivity contribution is 0.112. The maximum Gasteiger partial charge on any atom is 0.152 e. The van der Waals surface area contributed by atoms with E-state index in [1.54, 1.807) is 12.3 Å². The van der Waals surface area contributed by atoms with Gasteiger partial charge in [-0.05, 0) is 12.1 Å². The first-order chi connectivity index (χ1) is 6.24. The number of benzene rings is 1. The van der Waals surface area contributed by atoms with Crippen molar-refractivity contribution < 1.29 is 4.79 Å². The van der Waals surface area contributed by atoms with Crippen LogP contribution in [0.1, 0.15) is 10.4 Å². The van der Waals surface area contributed by atoms with Gasteiger partial charge in [0.15, 0.2) is 6.29 Å². The molecule has 0 amide bonds. The summed E-state index contributed by atoms with van der Waals surface area (Å²) in [6.07, 6.45) is 2.61. The van der Waals surface area contributed by atoms with Crippen LogP contribution in [-0.2, 0) is 7.05 Å². The highest BCUT2D eigenvalue weighted by atomic mass is 35.5. The number of aldehydes is 1. The first-order valence-electron chi connectivity index (χ1n) is 3.93. The summed E-state index contributed by atoms with van der Waals surface area (Å²) < 4.78 is 1.89. The number of aryl methyl sites for hydroxylation is 1. The zero-order chi connectivity index (χ0) is 9.42. The van der Waals surface area contributed by atoms with Crippen molar-refractivity contribution in [3.05, 3.63) is 35.0 Å². The Balaban J connectivity index is 2.96. The molecular formula is C10H8ClNO. The zero-order valence-electron chi connectivity index (χ0n) is 7.12. The van der Waals surface area contributed by atoms with Crippen LogP contribution in [-0.4, -0.2) is 10.9 Å². The van der Waals surface area contributed by atoms with Gasteiger partial charge < -0.3 is 4.57 Å². The van der Waals surface area contributed by atoms with Crippen LogP contribution in [0.4, 0.5) is 0 Å². The van der Waals surface area contributed by atoms with E-state index in [2.05, 4.69) is 0 Å². The third kappa shape index (κ3) is 1.14. The molecule has 2 nitrogen and oxygen atoms in total. The van der Waals surface area contributed by atoms with Crippen molar-refractivity contribution in [3.63, 3.8) is 0 Å². The Morgan fingerprint density at radius 2 is 2.23 bits per heavy atom. The van der Waals surface area contributed by atoms with E-state index in [4.69, 9.17) is 11.6 Å². The summed E-state index contributed by atoms with van der Waals surface area (Å²) in [5, 5.41) is 1.46. The van der Waals surface area contributed by atoms with Crippen molar-refractivity contribution in [3.8, 4) is 0 Å². The molecule has 1 aromatic carbocycles. The third-order valence-electron chi connectivity index (χ3n) is 2.12. The largest absolute Gasteiger partial charge is 0.350 e. The van der Waals surface area contributed by atoms with E-state index in [1.807, 2.05) is 23.7 Å². The monoisotopic (exact) mass is 193 g/mol. The summed E-state index contributed by atoms with van der Waals surface area (Å²) in [4.78, 5) is 10.7. The molecule has 0 bridgehead atoms. The number of fused-ring (bicyclic) bond motifs is 1. The van der Waals surface area contributed by atoms with Gasteiger partial charge in [-0.25, -0.2) is 0 Å². The molecule has 0 radical (unpaired) electrons. The summed E-state index contributed by atoms with van der Waals surface area (Å²) >= 11 is 5.98. The molecule has 0 aliphatic heterocycles. The lowest BCUT2D eigenvalue weighted by Gasteiger charge is -1.96. The fraction of sp³-hybridized carbons (Fsp3) is 0.100.